The first-order valence-electron chi connectivity index (χ1n) is 6.98. The molecule has 0 saturated heterocycles. The maximum Gasteiger partial charge on any atom is 0.244 e. The van der Waals surface area contributed by atoms with Gasteiger partial charge in [-0.1, -0.05) is 0 Å². The van der Waals surface area contributed by atoms with Crippen molar-refractivity contribution in [3.8, 4) is 5.88 Å². The second-order valence-corrected chi connectivity index (χ2v) is 4.40. The predicted octanol–water partition coefficient (Wildman–Crippen LogP) is 1.73. The number of anilines is 2. The molecule has 1 aromatic heterocycles. The van der Waals surface area contributed by atoms with E-state index in [9.17, 15) is 4.79 Å². The fourth-order valence-corrected chi connectivity index (χ4v) is 1.88. The van der Waals surface area contributed by atoms with Crippen LogP contribution in [0.15, 0.2) is 12.1 Å². The van der Waals surface area contributed by atoms with Gasteiger partial charge in [-0.25, -0.2) is 0 Å². The number of ether oxygens (including phenoxy) is 1. The van der Waals surface area contributed by atoms with Crippen molar-refractivity contribution < 1.29 is 9.53 Å². The molecule has 0 saturated carbocycles. The van der Waals surface area contributed by atoms with Crippen molar-refractivity contribution in [1.82, 2.24) is 9.88 Å². The minimum Gasteiger partial charge on any atom is -0.476 e. The number of pyridine rings is 1. The predicted molar refractivity (Wildman–Crippen MR) is 80.8 cm³/mol. The largest absolute Gasteiger partial charge is 0.476 e. The highest BCUT2D eigenvalue weighted by Crippen LogP contribution is 2.21. The van der Waals surface area contributed by atoms with E-state index in [4.69, 9.17) is 10.5 Å². The molecule has 0 fully saturated rings. The molecule has 3 N–H and O–H groups in total. The molecule has 1 rings (SSSR count). The normalized spacial score (nSPS) is 11.8. The van der Waals surface area contributed by atoms with Crippen LogP contribution in [0.3, 0.4) is 0 Å². The average Bonchev–Trinajstić information content (AvgIpc) is 2.44. The summed E-state index contributed by atoms with van der Waals surface area (Å²) >= 11 is 0. The summed E-state index contributed by atoms with van der Waals surface area (Å²) in [5.41, 5.74) is 6.25. The molecule has 1 amide bonds. The minimum absolute atomic E-state index is 0.0478. The summed E-state index contributed by atoms with van der Waals surface area (Å²) < 4.78 is 5.34. The van der Waals surface area contributed by atoms with Gasteiger partial charge in [-0.2, -0.15) is 4.98 Å². The molecule has 20 heavy (non-hydrogen) atoms. The number of carbonyl (C=O) groups is 1. The van der Waals surface area contributed by atoms with Gasteiger partial charge in [0.15, 0.2) is 0 Å². The first kappa shape index (κ1) is 16.1. The third-order valence-corrected chi connectivity index (χ3v) is 2.98. The number of aromatic nitrogens is 1. The molecule has 0 bridgehead atoms. The smallest absolute Gasteiger partial charge is 0.244 e. The van der Waals surface area contributed by atoms with Gasteiger partial charge < -0.3 is 20.7 Å². The number of hydrogen-bond acceptors (Lipinski definition) is 5. The molecule has 6 heteroatoms. The van der Waals surface area contributed by atoms with Crippen molar-refractivity contribution in [3.05, 3.63) is 12.1 Å². The highest BCUT2D eigenvalue weighted by molar-refractivity contribution is 5.84. The Kier molecular flexibility index (Phi) is 6.09. The van der Waals surface area contributed by atoms with Crippen molar-refractivity contribution in [3.63, 3.8) is 0 Å². The molecule has 1 unspecified atom stereocenters. The Balaban J connectivity index is 2.77. The molecular formula is C14H24N4O2. The van der Waals surface area contributed by atoms with E-state index in [-0.39, 0.29) is 11.9 Å². The summed E-state index contributed by atoms with van der Waals surface area (Å²) in [6.07, 6.45) is 0. The molecule has 0 aliphatic rings. The van der Waals surface area contributed by atoms with Crippen LogP contribution in [-0.4, -0.2) is 41.5 Å². The van der Waals surface area contributed by atoms with E-state index in [1.807, 2.05) is 27.7 Å². The number of hydrogen-bond donors (Lipinski definition) is 2. The fraction of sp³-hybridized carbons (Fsp3) is 0.571. The van der Waals surface area contributed by atoms with Gasteiger partial charge in [0.1, 0.15) is 11.9 Å². The second-order valence-electron chi connectivity index (χ2n) is 4.40. The van der Waals surface area contributed by atoms with Crippen LogP contribution in [0.5, 0.6) is 5.88 Å². The van der Waals surface area contributed by atoms with Crippen LogP contribution in [0, 0.1) is 0 Å². The van der Waals surface area contributed by atoms with Crippen LogP contribution < -0.4 is 15.8 Å². The number of likely N-dealkylation sites (N-methyl/N-ethyl adjacent to an activating group) is 1. The third-order valence-electron chi connectivity index (χ3n) is 2.98. The molecule has 1 heterocycles. The lowest BCUT2D eigenvalue weighted by Crippen LogP contribution is -2.41. The van der Waals surface area contributed by atoms with Gasteiger partial charge in [0.2, 0.25) is 11.8 Å². The summed E-state index contributed by atoms with van der Waals surface area (Å²) in [5.74, 6) is 1.02. The zero-order valence-electron chi connectivity index (χ0n) is 12.6. The molecule has 1 aromatic rings. The second kappa shape index (κ2) is 7.57. The van der Waals surface area contributed by atoms with Gasteiger partial charge in [-0.3, -0.25) is 4.79 Å². The zero-order valence-corrected chi connectivity index (χ0v) is 12.6. The van der Waals surface area contributed by atoms with Gasteiger partial charge in [0.05, 0.1) is 12.3 Å². The summed E-state index contributed by atoms with van der Waals surface area (Å²) in [6.45, 7) is 9.49. The molecule has 0 spiro atoms. The average molecular weight is 280 g/mol. The monoisotopic (exact) mass is 280 g/mol. The van der Waals surface area contributed by atoms with Crippen LogP contribution in [0.1, 0.15) is 27.7 Å². The lowest BCUT2D eigenvalue weighted by atomic mass is 10.2. The molecule has 112 valence electrons. The molecule has 1 atom stereocenters. The van der Waals surface area contributed by atoms with E-state index in [1.165, 1.54) is 0 Å². The lowest BCUT2D eigenvalue weighted by Gasteiger charge is -2.23. The number of rotatable bonds is 7. The maximum absolute atomic E-state index is 12.2. The Labute approximate surface area is 120 Å². The van der Waals surface area contributed by atoms with E-state index in [1.54, 1.807) is 17.0 Å². The first-order valence-corrected chi connectivity index (χ1v) is 6.98. The van der Waals surface area contributed by atoms with E-state index in [0.29, 0.717) is 37.1 Å². The van der Waals surface area contributed by atoms with E-state index in [0.717, 1.165) is 0 Å². The van der Waals surface area contributed by atoms with Crippen molar-refractivity contribution >= 4 is 17.4 Å². The fourth-order valence-electron chi connectivity index (χ4n) is 1.88. The standard InChI is InChI=1S/C14H24N4O2/c1-5-18(6-2)14(19)10(4)16-12-9-8-11(15)13(17-12)20-7-3/h8-10H,5-7,15H2,1-4H3,(H,16,17). The summed E-state index contributed by atoms with van der Waals surface area (Å²) in [4.78, 5) is 18.2. The SMILES string of the molecule is CCOc1nc(NC(C)C(=O)N(CC)CC)ccc1N. The number of carbonyl (C=O) groups excluding carboxylic acids is 1. The Bertz CT molecular complexity index is 447. The van der Waals surface area contributed by atoms with Gasteiger partial charge >= 0.3 is 0 Å². The summed E-state index contributed by atoms with van der Waals surface area (Å²) in [7, 11) is 0. The number of nitrogens with zero attached hydrogens (tertiary/aromatic N) is 2. The topological polar surface area (TPSA) is 80.5 Å². The van der Waals surface area contributed by atoms with Crippen molar-refractivity contribution in [2.45, 2.75) is 33.7 Å². The van der Waals surface area contributed by atoms with Crippen molar-refractivity contribution in [2.24, 2.45) is 0 Å². The Morgan fingerprint density at radius 1 is 1.40 bits per heavy atom. The first-order chi connectivity index (χ1) is 9.53. The van der Waals surface area contributed by atoms with E-state index < -0.39 is 0 Å². The van der Waals surface area contributed by atoms with E-state index in [2.05, 4.69) is 10.3 Å². The highest BCUT2D eigenvalue weighted by Gasteiger charge is 2.18. The third kappa shape index (κ3) is 4.01. The van der Waals surface area contributed by atoms with Crippen LogP contribution in [-0.2, 0) is 4.79 Å². The number of nitrogen functional groups attached to an aromatic ring is 1. The Morgan fingerprint density at radius 2 is 2.05 bits per heavy atom. The van der Waals surface area contributed by atoms with Gasteiger partial charge in [0.25, 0.3) is 0 Å². The quantitative estimate of drug-likeness (QED) is 0.795. The molecule has 0 radical (unpaired) electrons. The number of nitrogens with one attached hydrogen (secondary N) is 1. The number of nitrogens with two attached hydrogens (primary N) is 1. The van der Waals surface area contributed by atoms with Crippen LogP contribution >= 0.6 is 0 Å². The minimum atomic E-state index is -0.347. The summed E-state index contributed by atoms with van der Waals surface area (Å²) in [6, 6.07) is 3.11. The molecule has 0 aliphatic carbocycles. The van der Waals surface area contributed by atoms with Crippen LogP contribution in [0.4, 0.5) is 11.5 Å². The van der Waals surface area contributed by atoms with E-state index >= 15 is 0 Å². The Hall–Kier alpha value is -1.98. The Morgan fingerprint density at radius 3 is 2.60 bits per heavy atom. The molecule has 0 aromatic carbocycles. The highest BCUT2D eigenvalue weighted by atomic mass is 16.5. The van der Waals surface area contributed by atoms with Gasteiger partial charge in [-0.05, 0) is 39.8 Å². The molecule has 6 nitrogen and oxygen atoms in total. The lowest BCUT2D eigenvalue weighted by molar-refractivity contribution is -0.131. The van der Waals surface area contributed by atoms with Crippen LogP contribution in [0.2, 0.25) is 0 Å². The number of amides is 1. The maximum atomic E-state index is 12.2. The summed E-state index contributed by atoms with van der Waals surface area (Å²) in [5, 5.41) is 3.08. The van der Waals surface area contributed by atoms with Crippen LogP contribution in [0.25, 0.3) is 0 Å². The molecular weight excluding hydrogens is 256 g/mol. The van der Waals surface area contributed by atoms with Gasteiger partial charge in [0, 0.05) is 13.1 Å². The zero-order chi connectivity index (χ0) is 15.1. The van der Waals surface area contributed by atoms with Crippen molar-refractivity contribution in [1.29, 1.82) is 0 Å². The molecule has 0 aliphatic heterocycles. The van der Waals surface area contributed by atoms with Crippen molar-refractivity contribution in [2.75, 3.05) is 30.7 Å². The van der Waals surface area contributed by atoms with Gasteiger partial charge in [-0.15, -0.1) is 0 Å².